The molecule has 0 saturated carbocycles. The van der Waals surface area contributed by atoms with Gasteiger partial charge < -0.3 is 14.2 Å². The molecule has 2 rings (SSSR count). The second kappa shape index (κ2) is 6.50. The van der Waals surface area contributed by atoms with Gasteiger partial charge in [0.1, 0.15) is 0 Å². The van der Waals surface area contributed by atoms with Gasteiger partial charge in [0.05, 0.1) is 20.8 Å². The van der Waals surface area contributed by atoms with Gasteiger partial charge in [-0.2, -0.15) is 0 Å². The van der Waals surface area contributed by atoms with E-state index in [1.54, 1.807) is 14.2 Å². The third kappa shape index (κ3) is 3.43. The Morgan fingerprint density at radius 2 is 1.84 bits per heavy atom. The van der Waals surface area contributed by atoms with Crippen LogP contribution in [-0.2, 0) is 0 Å². The Morgan fingerprint density at radius 1 is 1.16 bits per heavy atom. The van der Waals surface area contributed by atoms with Crippen LogP contribution in [0.4, 0.5) is 0 Å². The fourth-order valence-corrected chi connectivity index (χ4v) is 2.37. The molecule has 0 radical (unpaired) electrons. The molecule has 0 saturated heterocycles. The van der Waals surface area contributed by atoms with Crippen LogP contribution in [0.15, 0.2) is 24.3 Å². The van der Waals surface area contributed by atoms with Crippen LogP contribution in [0, 0.1) is 12.8 Å². The minimum atomic E-state index is 0.490. The van der Waals surface area contributed by atoms with Crippen LogP contribution in [0.5, 0.6) is 17.2 Å². The zero-order chi connectivity index (χ0) is 13.7. The van der Waals surface area contributed by atoms with E-state index in [-0.39, 0.29) is 0 Å². The Labute approximate surface area is 115 Å². The summed E-state index contributed by atoms with van der Waals surface area (Å²) in [5.74, 6) is 2.66. The molecule has 0 spiro atoms. The van der Waals surface area contributed by atoms with Gasteiger partial charge in [-0.25, -0.2) is 0 Å². The quantitative estimate of drug-likeness (QED) is 0.756. The molecule has 1 aliphatic rings. The Kier molecular flexibility index (Phi) is 4.72. The van der Waals surface area contributed by atoms with E-state index < -0.39 is 0 Å². The number of aryl methyl sites for hydroxylation is 1. The summed E-state index contributed by atoms with van der Waals surface area (Å²) in [4.78, 5) is 0. The smallest absolute Gasteiger partial charge is 0.203 e. The largest absolute Gasteiger partial charge is 0.493 e. The van der Waals surface area contributed by atoms with E-state index in [0.29, 0.717) is 18.3 Å². The van der Waals surface area contributed by atoms with E-state index in [1.165, 1.54) is 19.3 Å². The minimum Gasteiger partial charge on any atom is -0.493 e. The average molecular weight is 262 g/mol. The fraction of sp³-hybridized carbons (Fsp3) is 0.500. The van der Waals surface area contributed by atoms with Crippen LogP contribution in [0.25, 0.3) is 0 Å². The van der Waals surface area contributed by atoms with Gasteiger partial charge >= 0.3 is 0 Å². The van der Waals surface area contributed by atoms with Gasteiger partial charge in [0, 0.05) is 5.92 Å². The van der Waals surface area contributed by atoms with Crippen molar-refractivity contribution in [1.29, 1.82) is 0 Å². The topological polar surface area (TPSA) is 27.7 Å². The third-order valence-corrected chi connectivity index (χ3v) is 3.40. The molecule has 3 heteroatoms. The van der Waals surface area contributed by atoms with Crippen molar-refractivity contribution < 1.29 is 14.2 Å². The van der Waals surface area contributed by atoms with Gasteiger partial charge in [-0.1, -0.05) is 12.2 Å². The van der Waals surface area contributed by atoms with Crippen LogP contribution in [-0.4, -0.2) is 20.8 Å². The summed E-state index contributed by atoms with van der Waals surface area (Å²) in [5, 5.41) is 0. The van der Waals surface area contributed by atoms with Crippen LogP contribution in [0.1, 0.15) is 24.8 Å². The van der Waals surface area contributed by atoms with Crippen molar-refractivity contribution >= 4 is 0 Å². The van der Waals surface area contributed by atoms with Crippen molar-refractivity contribution in [2.24, 2.45) is 5.92 Å². The number of allylic oxidation sites excluding steroid dienone is 1. The lowest BCUT2D eigenvalue weighted by Crippen LogP contribution is -2.12. The first-order valence-electron chi connectivity index (χ1n) is 6.76. The molecule has 1 aliphatic carbocycles. The molecule has 1 aromatic rings. The summed E-state index contributed by atoms with van der Waals surface area (Å²) < 4.78 is 16.7. The normalized spacial score (nSPS) is 18.2. The van der Waals surface area contributed by atoms with Crippen LogP contribution >= 0.6 is 0 Å². The molecule has 104 valence electrons. The second-order valence-corrected chi connectivity index (χ2v) is 4.93. The summed E-state index contributed by atoms with van der Waals surface area (Å²) in [7, 11) is 3.31. The van der Waals surface area contributed by atoms with Crippen molar-refractivity contribution in [1.82, 2.24) is 0 Å². The summed E-state index contributed by atoms with van der Waals surface area (Å²) in [5.41, 5.74) is 1.10. The second-order valence-electron chi connectivity index (χ2n) is 4.93. The first kappa shape index (κ1) is 13.8. The molecule has 19 heavy (non-hydrogen) atoms. The van der Waals surface area contributed by atoms with Crippen molar-refractivity contribution in [3.63, 3.8) is 0 Å². The zero-order valence-electron chi connectivity index (χ0n) is 11.9. The fourth-order valence-electron chi connectivity index (χ4n) is 2.37. The van der Waals surface area contributed by atoms with Gasteiger partial charge in [0.25, 0.3) is 0 Å². The Balaban J connectivity index is 2.13. The maximum Gasteiger partial charge on any atom is 0.203 e. The van der Waals surface area contributed by atoms with Crippen LogP contribution in [0.3, 0.4) is 0 Å². The molecular weight excluding hydrogens is 240 g/mol. The van der Waals surface area contributed by atoms with Gasteiger partial charge in [0.15, 0.2) is 11.5 Å². The number of ether oxygens (including phenoxy) is 3. The molecule has 1 unspecified atom stereocenters. The Morgan fingerprint density at radius 3 is 2.37 bits per heavy atom. The maximum absolute atomic E-state index is 5.94. The first-order chi connectivity index (χ1) is 9.24. The predicted molar refractivity (Wildman–Crippen MR) is 76.3 cm³/mol. The Bertz CT molecular complexity index is 426. The summed E-state index contributed by atoms with van der Waals surface area (Å²) in [6, 6.07) is 3.93. The Hall–Kier alpha value is -1.64. The lowest BCUT2D eigenvalue weighted by atomic mass is 9.97. The molecule has 0 aromatic heterocycles. The zero-order valence-corrected chi connectivity index (χ0v) is 11.9. The molecule has 0 fully saturated rings. The van der Waals surface area contributed by atoms with Crippen LogP contribution in [0.2, 0.25) is 0 Å². The molecular formula is C16H22O3. The molecule has 1 aromatic carbocycles. The minimum absolute atomic E-state index is 0.490. The lowest BCUT2D eigenvalue weighted by molar-refractivity contribution is 0.238. The first-order valence-corrected chi connectivity index (χ1v) is 6.76. The van der Waals surface area contributed by atoms with E-state index >= 15 is 0 Å². The SMILES string of the molecule is COc1cc(C)cc(OC)c1OCC1C=CCCC1. The van der Waals surface area contributed by atoms with Crippen molar-refractivity contribution in [3.8, 4) is 17.2 Å². The number of hydrogen-bond donors (Lipinski definition) is 0. The highest BCUT2D eigenvalue weighted by Crippen LogP contribution is 2.38. The maximum atomic E-state index is 5.94. The van der Waals surface area contributed by atoms with Crippen molar-refractivity contribution in [3.05, 3.63) is 29.8 Å². The summed E-state index contributed by atoms with van der Waals surface area (Å²) in [6.07, 6.45) is 8.10. The van der Waals surface area contributed by atoms with Gasteiger partial charge in [-0.3, -0.25) is 0 Å². The molecule has 0 N–H and O–H groups in total. The third-order valence-electron chi connectivity index (χ3n) is 3.40. The van der Waals surface area contributed by atoms with Gasteiger partial charge in [-0.15, -0.1) is 0 Å². The van der Waals surface area contributed by atoms with Crippen molar-refractivity contribution in [2.45, 2.75) is 26.2 Å². The number of benzene rings is 1. The van der Waals surface area contributed by atoms with Gasteiger partial charge in [0.2, 0.25) is 5.75 Å². The number of methoxy groups -OCH3 is 2. The molecule has 3 nitrogen and oxygen atoms in total. The van der Waals surface area contributed by atoms with E-state index in [9.17, 15) is 0 Å². The number of hydrogen-bond acceptors (Lipinski definition) is 3. The van der Waals surface area contributed by atoms with Gasteiger partial charge in [-0.05, 0) is 43.9 Å². The lowest BCUT2D eigenvalue weighted by Gasteiger charge is -2.20. The van der Waals surface area contributed by atoms with E-state index in [4.69, 9.17) is 14.2 Å². The molecule has 1 atom stereocenters. The standard InChI is InChI=1S/C16H22O3/c1-12-9-14(17-2)16(15(10-12)18-3)19-11-13-7-5-4-6-8-13/h5,7,9-10,13H,4,6,8,11H2,1-3H3. The molecule has 0 bridgehead atoms. The van der Waals surface area contributed by atoms with E-state index in [1.807, 2.05) is 19.1 Å². The van der Waals surface area contributed by atoms with Crippen molar-refractivity contribution in [2.75, 3.05) is 20.8 Å². The van der Waals surface area contributed by atoms with E-state index in [0.717, 1.165) is 17.1 Å². The average Bonchev–Trinajstić information content (AvgIpc) is 2.46. The molecule has 0 amide bonds. The van der Waals surface area contributed by atoms with E-state index in [2.05, 4.69) is 12.2 Å². The summed E-state index contributed by atoms with van der Waals surface area (Å²) in [6.45, 7) is 2.69. The van der Waals surface area contributed by atoms with Crippen LogP contribution < -0.4 is 14.2 Å². The molecule has 0 aliphatic heterocycles. The highest BCUT2D eigenvalue weighted by atomic mass is 16.5. The number of rotatable bonds is 5. The molecule has 0 heterocycles. The highest BCUT2D eigenvalue weighted by Gasteiger charge is 2.15. The monoisotopic (exact) mass is 262 g/mol. The summed E-state index contributed by atoms with van der Waals surface area (Å²) >= 11 is 0. The highest BCUT2D eigenvalue weighted by molar-refractivity contribution is 5.53. The predicted octanol–water partition coefficient (Wildman–Crippen LogP) is 3.75.